The van der Waals surface area contributed by atoms with Gasteiger partial charge >= 0.3 is 5.97 Å². The third-order valence-corrected chi connectivity index (χ3v) is 3.53. The number of hydrogen-bond donors (Lipinski definition) is 6. The smallest absolute Gasteiger partial charge is 0.326 e. The number of carboxylic acids is 1. The van der Waals surface area contributed by atoms with E-state index in [1.807, 2.05) is 0 Å². The number of aliphatic carboxylic acids is 1. The van der Waals surface area contributed by atoms with Crippen LogP contribution >= 0.6 is 0 Å². The zero-order valence-electron chi connectivity index (χ0n) is 14.6. The fourth-order valence-electron chi connectivity index (χ4n) is 2.25. The minimum atomic E-state index is -1.12. The average molecular weight is 418 g/mol. The van der Waals surface area contributed by atoms with Crippen molar-refractivity contribution < 1.29 is 36.6 Å². The molecule has 1 rings (SSSR count). The van der Waals surface area contributed by atoms with E-state index in [4.69, 9.17) is 5.73 Å². The molecule has 0 aliphatic rings. The van der Waals surface area contributed by atoms with E-state index in [9.17, 15) is 19.5 Å². The Kier molecular flexibility index (Phi) is 12.3. The molecule has 11 heteroatoms. The van der Waals surface area contributed by atoms with Crippen LogP contribution < -0.4 is 21.7 Å². The van der Waals surface area contributed by atoms with Crippen molar-refractivity contribution in [1.29, 1.82) is 0 Å². The summed E-state index contributed by atoms with van der Waals surface area (Å²) in [5.41, 5.74) is 6.05. The molecule has 10 nitrogen and oxygen atoms in total. The first kappa shape index (κ1) is 24.1. The molecule has 0 bridgehead atoms. The zero-order valence-corrected chi connectivity index (χ0v) is 15.5. The maximum absolute atomic E-state index is 12.5. The number of aromatic amines is 1. The summed E-state index contributed by atoms with van der Waals surface area (Å²) in [6.07, 6.45) is 4.73. The van der Waals surface area contributed by atoms with Crippen molar-refractivity contribution in [2.75, 3.05) is 20.1 Å². The van der Waals surface area contributed by atoms with E-state index in [1.165, 1.54) is 6.33 Å². The van der Waals surface area contributed by atoms with Crippen LogP contribution in [0.25, 0.3) is 0 Å². The van der Waals surface area contributed by atoms with Crippen LogP contribution in [0.15, 0.2) is 12.5 Å². The molecule has 26 heavy (non-hydrogen) atoms. The normalized spacial score (nSPS) is 12.5. The number of nitrogens with two attached hydrogens (primary N) is 1. The van der Waals surface area contributed by atoms with Crippen molar-refractivity contribution >= 4 is 17.8 Å². The molecular weight excluding hydrogens is 392 g/mol. The molecule has 0 aliphatic heterocycles. The third-order valence-electron chi connectivity index (χ3n) is 3.53. The molecule has 0 aliphatic carbocycles. The fourth-order valence-corrected chi connectivity index (χ4v) is 2.25. The van der Waals surface area contributed by atoms with Crippen LogP contribution in [0.5, 0.6) is 0 Å². The number of unbranched alkanes of at least 4 members (excludes halogenated alkanes) is 1. The number of imidazole rings is 1. The van der Waals surface area contributed by atoms with Gasteiger partial charge in [-0.1, -0.05) is 0 Å². The fraction of sp³-hybridized carbons (Fsp3) is 0.600. The molecule has 1 heterocycles. The van der Waals surface area contributed by atoms with Crippen molar-refractivity contribution in [3.05, 3.63) is 18.2 Å². The molecule has 0 spiro atoms. The third kappa shape index (κ3) is 8.95. The maximum atomic E-state index is 12.5. The number of likely N-dealkylation sites (N-methyl/N-ethyl adjacent to an activating group) is 1. The second-order valence-corrected chi connectivity index (χ2v) is 5.62. The van der Waals surface area contributed by atoms with Gasteiger partial charge in [0.2, 0.25) is 11.8 Å². The Morgan fingerprint density at radius 3 is 2.54 bits per heavy atom. The summed E-state index contributed by atoms with van der Waals surface area (Å²) < 4.78 is 0. The first-order chi connectivity index (χ1) is 12.0. The van der Waals surface area contributed by atoms with E-state index >= 15 is 0 Å². The van der Waals surface area contributed by atoms with Crippen molar-refractivity contribution in [3.8, 4) is 0 Å². The largest absolute Gasteiger partial charge is 0.480 e. The average Bonchev–Trinajstić information content (AvgIpc) is 3.06. The summed E-state index contributed by atoms with van der Waals surface area (Å²) in [5, 5.41) is 17.0. The first-order valence-corrected chi connectivity index (χ1v) is 8.12. The number of aromatic nitrogens is 2. The summed E-state index contributed by atoms with van der Waals surface area (Å²) >= 11 is 0. The molecule has 1 aromatic rings. The van der Waals surface area contributed by atoms with Gasteiger partial charge in [0.25, 0.3) is 0 Å². The molecule has 2 amide bonds. The number of carboxylic acid groups (broad SMARTS) is 1. The van der Waals surface area contributed by atoms with Crippen molar-refractivity contribution in [2.45, 2.75) is 37.8 Å². The predicted octanol–water partition coefficient (Wildman–Crippen LogP) is -1.65. The molecule has 2 atom stereocenters. The van der Waals surface area contributed by atoms with Crippen LogP contribution in [0.3, 0.4) is 0 Å². The van der Waals surface area contributed by atoms with Crippen molar-refractivity contribution in [3.63, 3.8) is 0 Å². The minimum Gasteiger partial charge on any atom is -0.480 e. The summed E-state index contributed by atoms with van der Waals surface area (Å²) in [6, 6.07) is -1.93. The Bertz CT molecular complexity index is 554. The van der Waals surface area contributed by atoms with Gasteiger partial charge in [0.05, 0.1) is 12.9 Å². The van der Waals surface area contributed by atoms with E-state index in [2.05, 4.69) is 25.9 Å². The molecule has 7 N–H and O–H groups in total. The molecule has 0 saturated carbocycles. The second-order valence-electron chi connectivity index (χ2n) is 5.62. The van der Waals surface area contributed by atoms with Gasteiger partial charge in [0.15, 0.2) is 0 Å². The predicted molar refractivity (Wildman–Crippen MR) is 90.6 cm³/mol. The summed E-state index contributed by atoms with van der Waals surface area (Å²) in [7, 11) is 1.61. The molecule has 0 fully saturated rings. The monoisotopic (exact) mass is 417 g/mol. The summed E-state index contributed by atoms with van der Waals surface area (Å²) in [6.45, 7) is 0.508. The first-order valence-electron chi connectivity index (χ1n) is 8.12. The Morgan fingerprint density at radius 1 is 1.27 bits per heavy atom. The Hall–Kier alpha value is -1.94. The number of amides is 2. The van der Waals surface area contributed by atoms with Crippen LogP contribution in [0.2, 0.25) is 0 Å². The Morgan fingerprint density at radius 2 is 2.00 bits per heavy atom. The van der Waals surface area contributed by atoms with Gasteiger partial charge in [-0.05, 0) is 32.9 Å². The Balaban J connectivity index is 0.00000625. The van der Waals surface area contributed by atoms with Gasteiger partial charge in [-0.2, -0.15) is 0 Å². The van der Waals surface area contributed by atoms with Crippen molar-refractivity contribution in [2.24, 2.45) is 5.73 Å². The summed E-state index contributed by atoms with van der Waals surface area (Å²) in [4.78, 5) is 42.4. The number of carbonyl (C=O) groups excluding carboxylic acids is 2. The second kappa shape index (κ2) is 13.3. The molecule has 0 saturated heterocycles. The van der Waals surface area contributed by atoms with E-state index in [0.29, 0.717) is 25.1 Å². The number of nitrogens with zero attached hydrogens (tertiary/aromatic N) is 1. The summed E-state index contributed by atoms with van der Waals surface area (Å²) in [5.74, 6) is -2.04. The molecule has 1 radical (unpaired) electrons. The molecule has 151 valence electrons. The van der Waals surface area contributed by atoms with E-state index in [0.717, 1.165) is 0 Å². The molecular formula is C15H26CuN6O4. The molecule has 0 aromatic carbocycles. The molecule has 0 unspecified atom stereocenters. The van der Waals surface area contributed by atoms with Crippen LogP contribution in [0.4, 0.5) is 0 Å². The van der Waals surface area contributed by atoms with E-state index < -0.39 is 24.0 Å². The van der Waals surface area contributed by atoms with Crippen LogP contribution in [0, 0.1) is 0 Å². The topological polar surface area (TPSA) is 162 Å². The number of carbonyl (C=O) groups is 3. The van der Waals surface area contributed by atoms with Gasteiger partial charge in [0, 0.05) is 35.4 Å². The maximum Gasteiger partial charge on any atom is 0.326 e. The Labute approximate surface area is 162 Å². The number of hydrogen-bond acceptors (Lipinski definition) is 6. The van der Waals surface area contributed by atoms with Gasteiger partial charge in [-0.3, -0.25) is 9.59 Å². The van der Waals surface area contributed by atoms with Crippen LogP contribution in [-0.4, -0.2) is 65.1 Å². The van der Waals surface area contributed by atoms with Gasteiger partial charge < -0.3 is 31.8 Å². The number of nitrogens with one attached hydrogen (secondary N) is 4. The van der Waals surface area contributed by atoms with E-state index in [-0.39, 0.29) is 42.4 Å². The van der Waals surface area contributed by atoms with Crippen LogP contribution in [-0.2, 0) is 37.9 Å². The van der Waals surface area contributed by atoms with Gasteiger partial charge in [-0.25, -0.2) is 9.78 Å². The molecule has 1 aromatic heterocycles. The zero-order chi connectivity index (χ0) is 18.7. The SMILES string of the molecule is CNCC(=O)N[C@@H](Cc1cnc[nH]1)C(=O)N[C@@H](CCCCN)C(=O)O.[Cu]. The number of rotatable bonds is 12. The van der Waals surface area contributed by atoms with Crippen LogP contribution in [0.1, 0.15) is 25.0 Å². The van der Waals surface area contributed by atoms with Crippen molar-refractivity contribution in [1.82, 2.24) is 25.9 Å². The standard InChI is InChI=1S/C15H26N6O4.Cu/c1-17-8-13(22)20-12(6-10-7-18-9-19-10)14(23)21-11(15(24)25)4-2-3-5-16;/h7,9,11-12,17H,2-6,8,16H2,1H3,(H,18,19)(H,20,22)(H,21,23)(H,24,25);/t11-,12-;/m0./s1. The van der Waals surface area contributed by atoms with Gasteiger partial charge in [0.1, 0.15) is 12.1 Å². The number of H-pyrrole nitrogens is 1. The van der Waals surface area contributed by atoms with E-state index in [1.54, 1.807) is 13.2 Å². The quantitative estimate of drug-likeness (QED) is 0.175. The van der Waals surface area contributed by atoms with Gasteiger partial charge in [-0.15, -0.1) is 0 Å². The minimum absolute atomic E-state index is 0.